The Morgan fingerprint density at radius 2 is 1.83 bits per heavy atom. The van der Waals surface area contributed by atoms with Gasteiger partial charge >= 0.3 is 6.18 Å². The summed E-state index contributed by atoms with van der Waals surface area (Å²) in [5.41, 5.74) is 0.628. The predicted octanol–water partition coefficient (Wildman–Crippen LogP) is 3.70. The highest BCUT2D eigenvalue weighted by Crippen LogP contribution is 2.39. The van der Waals surface area contributed by atoms with Crippen LogP contribution in [-0.4, -0.2) is 37.4 Å². The lowest BCUT2D eigenvalue weighted by molar-refractivity contribution is -0.148. The normalized spacial score (nSPS) is 20.7. The molecule has 1 aromatic heterocycles. The lowest BCUT2D eigenvalue weighted by Gasteiger charge is -2.41. The highest BCUT2D eigenvalue weighted by atomic mass is 19.4. The van der Waals surface area contributed by atoms with Crippen LogP contribution in [0.4, 0.5) is 32.0 Å². The van der Waals surface area contributed by atoms with Gasteiger partial charge < -0.3 is 14.7 Å². The first-order chi connectivity index (χ1) is 14.3. The minimum Gasteiger partial charge on any atom is -0.336 e. The molecule has 2 aromatic rings. The maximum atomic E-state index is 14.5. The second-order valence-electron chi connectivity index (χ2n) is 7.14. The van der Waals surface area contributed by atoms with Crippen LogP contribution in [0.3, 0.4) is 0 Å². The Kier molecular flexibility index (Phi) is 4.02. The number of rotatable bonds is 2. The van der Waals surface area contributed by atoms with Crippen molar-refractivity contribution >= 4 is 11.8 Å². The van der Waals surface area contributed by atoms with E-state index in [0.29, 0.717) is 13.0 Å². The largest absolute Gasteiger partial charge is 0.451 e. The Hall–Kier alpha value is -3.18. The van der Waals surface area contributed by atoms with Gasteiger partial charge in [-0.3, -0.25) is 4.57 Å². The molecule has 1 saturated heterocycles. The van der Waals surface area contributed by atoms with Crippen molar-refractivity contribution in [2.75, 3.05) is 11.4 Å². The Morgan fingerprint density at radius 3 is 2.60 bits per heavy atom. The minimum absolute atomic E-state index is 0.0386. The summed E-state index contributed by atoms with van der Waals surface area (Å²) >= 11 is 0. The molecule has 4 heterocycles. The van der Waals surface area contributed by atoms with E-state index in [1.165, 1.54) is 17.2 Å². The Labute approximate surface area is 166 Å². The molecule has 3 aliphatic rings. The number of hydrogen-bond donors (Lipinski definition) is 0. The van der Waals surface area contributed by atoms with E-state index < -0.39 is 35.7 Å². The number of alkyl halides is 3. The Balaban J connectivity index is 1.55. The molecule has 6 nitrogen and oxygen atoms in total. The molecule has 0 radical (unpaired) electrons. The Morgan fingerprint density at radius 1 is 1.03 bits per heavy atom. The van der Waals surface area contributed by atoms with Crippen LogP contribution >= 0.6 is 0 Å². The lowest BCUT2D eigenvalue weighted by Crippen LogP contribution is -2.51. The smallest absolute Gasteiger partial charge is 0.336 e. The molecule has 30 heavy (non-hydrogen) atoms. The highest BCUT2D eigenvalue weighted by molar-refractivity contribution is 5.55. The summed E-state index contributed by atoms with van der Waals surface area (Å²) in [4.78, 5) is 4.84. The molecule has 0 aliphatic carbocycles. The van der Waals surface area contributed by atoms with E-state index in [1.807, 2.05) is 4.90 Å². The maximum Gasteiger partial charge on any atom is 0.451 e. The van der Waals surface area contributed by atoms with Gasteiger partial charge in [-0.15, -0.1) is 10.2 Å². The third-order valence-electron chi connectivity index (χ3n) is 5.36. The molecule has 1 fully saturated rings. The Bertz CT molecular complexity index is 1070. The molecule has 0 saturated carbocycles. The second-order valence-corrected chi connectivity index (χ2v) is 7.14. The van der Waals surface area contributed by atoms with Gasteiger partial charge in [0.15, 0.2) is 29.6 Å². The van der Waals surface area contributed by atoms with Crippen LogP contribution in [0.15, 0.2) is 30.2 Å². The SMILES string of the molecule is Fc1ccc(N2C=C3CCCN3C2N2C=Cc3nnc(C(F)(F)F)n3C2)c(F)c1F. The fourth-order valence-corrected chi connectivity index (χ4v) is 4.06. The number of fused-ring (bicyclic) bond motifs is 2. The summed E-state index contributed by atoms with van der Waals surface area (Å²) in [5.74, 6) is -5.39. The van der Waals surface area contributed by atoms with Crippen LogP contribution in [-0.2, 0) is 12.8 Å². The van der Waals surface area contributed by atoms with E-state index in [4.69, 9.17) is 0 Å². The van der Waals surface area contributed by atoms with E-state index in [0.717, 1.165) is 28.8 Å². The van der Waals surface area contributed by atoms with Crippen LogP contribution in [0.5, 0.6) is 0 Å². The molecule has 0 amide bonds. The molecule has 1 aromatic carbocycles. The topological polar surface area (TPSA) is 40.4 Å². The summed E-state index contributed by atoms with van der Waals surface area (Å²) in [6.45, 7) is 0.335. The number of aromatic nitrogens is 3. The van der Waals surface area contributed by atoms with Gasteiger partial charge in [-0.05, 0) is 31.1 Å². The fourth-order valence-electron chi connectivity index (χ4n) is 4.06. The van der Waals surface area contributed by atoms with Crippen LogP contribution in [0.1, 0.15) is 24.5 Å². The molecule has 0 bridgehead atoms. The second kappa shape index (κ2) is 6.41. The first kappa shape index (κ1) is 18.8. The molecule has 12 heteroatoms. The van der Waals surface area contributed by atoms with Crippen LogP contribution in [0.2, 0.25) is 0 Å². The van der Waals surface area contributed by atoms with Gasteiger partial charge in [0.25, 0.3) is 0 Å². The van der Waals surface area contributed by atoms with E-state index in [-0.39, 0.29) is 18.2 Å². The summed E-state index contributed by atoms with van der Waals surface area (Å²) in [6.07, 6.45) is 0.582. The highest BCUT2D eigenvalue weighted by Gasteiger charge is 2.43. The van der Waals surface area contributed by atoms with Crippen molar-refractivity contribution in [1.82, 2.24) is 24.6 Å². The number of halogens is 6. The van der Waals surface area contributed by atoms with Gasteiger partial charge in [0, 0.05) is 24.6 Å². The van der Waals surface area contributed by atoms with Crippen LogP contribution < -0.4 is 4.90 Å². The number of anilines is 1. The standard InChI is InChI=1S/C18H14F6N6/c19-11-3-4-12(15(21)14(11)20)29-8-10-2-1-6-28(10)17(29)27-7-5-13-25-26-16(18(22,23)24)30(13)9-27/h3-5,7-8,17H,1-2,6,9H2. The molecular formula is C18H14F6N6. The van der Waals surface area contributed by atoms with E-state index in [1.54, 1.807) is 11.1 Å². The van der Waals surface area contributed by atoms with Crippen molar-refractivity contribution in [3.8, 4) is 0 Å². The molecule has 1 atom stereocenters. The molecule has 1 unspecified atom stereocenters. The van der Waals surface area contributed by atoms with Crippen molar-refractivity contribution in [3.05, 3.63) is 59.3 Å². The van der Waals surface area contributed by atoms with E-state index in [2.05, 4.69) is 10.2 Å². The predicted molar refractivity (Wildman–Crippen MR) is 92.5 cm³/mol. The van der Waals surface area contributed by atoms with Crippen molar-refractivity contribution in [2.24, 2.45) is 0 Å². The van der Waals surface area contributed by atoms with Crippen LogP contribution in [0, 0.1) is 17.5 Å². The summed E-state index contributed by atoms with van der Waals surface area (Å²) in [7, 11) is 0. The van der Waals surface area contributed by atoms with Gasteiger partial charge in [0.05, 0.1) is 5.69 Å². The number of benzene rings is 1. The van der Waals surface area contributed by atoms with Gasteiger partial charge in [-0.25, -0.2) is 13.2 Å². The molecule has 0 spiro atoms. The lowest BCUT2D eigenvalue weighted by atomic mass is 10.2. The summed E-state index contributed by atoms with van der Waals surface area (Å²) in [6, 6.07) is 1.93. The average molecular weight is 428 g/mol. The average Bonchev–Trinajstić information content (AvgIpc) is 3.39. The zero-order valence-electron chi connectivity index (χ0n) is 15.2. The fraction of sp³-hybridized carbons (Fsp3) is 0.333. The van der Waals surface area contributed by atoms with Crippen molar-refractivity contribution in [1.29, 1.82) is 0 Å². The number of nitrogens with zero attached hydrogens (tertiary/aromatic N) is 6. The van der Waals surface area contributed by atoms with E-state index in [9.17, 15) is 26.3 Å². The molecular weight excluding hydrogens is 414 g/mol. The third-order valence-corrected chi connectivity index (χ3v) is 5.36. The molecule has 3 aliphatic heterocycles. The minimum atomic E-state index is -4.69. The first-order valence-electron chi connectivity index (χ1n) is 9.09. The molecule has 158 valence electrons. The number of hydrogen-bond acceptors (Lipinski definition) is 5. The van der Waals surface area contributed by atoms with E-state index >= 15 is 0 Å². The van der Waals surface area contributed by atoms with Gasteiger partial charge in [-0.1, -0.05) is 0 Å². The van der Waals surface area contributed by atoms with Crippen LogP contribution in [0.25, 0.3) is 6.08 Å². The first-order valence-corrected chi connectivity index (χ1v) is 9.09. The van der Waals surface area contributed by atoms with Gasteiger partial charge in [0.2, 0.25) is 5.82 Å². The summed E-state index contributed by atoms with van der Waals surface area (Å²) < 4.78 is 82.6. The monoisotopic (exact) mass is 428 g/mol. The molecule has 0 N–H and O–H groups in total. The zero-order valence-corrected chi connectivity index (χ0v) is 15.2. The summed E-state index contributed by atoms with van der Waals surface area (Å²) in [5, 5.41) is 6.78. The van der Waals surface area contributed by atoms with Crippen molar-refractivity contribution < 1.29 is 26.3 Å². The quantitative estimate of drug-likeness (QED) is 0.539. The van der Waals surface area contributed by atoms with Gasteiger partial charge in [-0.2, -0.15) is 13.2 Å². The molecule has 5 rings (SSSR count). The zero-order chi connectivity index (χ0) is 21.2. The third kappa shape index (κ3) is 2.73. The number of allylic oxidation sites excluding steroid dienone is 1. The van der Waals surface area contributed by atoms with Crippen molar-refractivity contribution in [3.63, 3.8) is 0 Å². The maximum absolute atomic E-state index is 14.5. The van der Waals surface area contributed by atoms with Gasteiger partial charge in [0.1, 0.15) is 6.67 Å². The van der Waals surface area contributed by atoms with Crippen molar-refractivity contribution in [2.45, 2.75) is 32.0 Å².